The number of nitrogens with zero attached hydrogens (tertiary/aromatic N) is 2. The first kappa shape index (κ1) is 16.0. The second-order valence-electron chi connectivity index (χ2n) is 7.21. The molecule has 0 bridgehead atoms. The lowest BCUT2D eigenvalue weighted by molar-refractivity contribution is -0.114. The van der Waals surface area contributed by atoms with E-state index in [0.29, 0.717) is 18.2 Å². The van der Waals surface area contributed by atoms with Gasteiger partial charge in [-0.25, -0.2) is 0 Å². The van der Waals surface area contributed by atoms with E-state index >= 15 is 0 Å². The molecule has 2 aromatic carbocycles. The number of anilines is 1. The Morgan fingerprint density at radius 2 is 1.80 bits per heavy atom. The van der Waals surface area contributed by atoms with Crippen LogP contribution in [0.2, 0.25) is 0 Å². The van der Waals surface area contributed by atoms with Crippen molar-refractivity contribution < 1.29 is 9.59 Å². The number of fused-ring (bicyclic) bond motifs is 2. The van der Waals surface area contributed by atoms with E-state index in [1.807, 2.05) is 18.2 Å². The molecule has 0 aliphatic carbocycles. The number of rotatable bonds is 3. The molecule has 4 heteroatoms. The van der Waals surface area contributed by atoms with E-state index in [0.717, 1.165) is 30.8 Å². The molecule has 0 saturated carbocycles. The molecule has 0 saturated heterocycles. The highest BCUT2D eigenvalue weighted by Gasteiger charge is 2.37. The van der Waals surface area contributed by atoms with Crippen molar-refractivity contribution in [3.05, 3.63) is 64.7 Å². The van der Waals surface area contributed by atoms with Crippen LogP contribution in [-0.4, -0.2) is 29.8 Å². The van der Waals surface area contributed by atoms with Crippen molar-refractivity contribution in [2.75, 3.05) is 18.1 Å². The van der Waals surface area contributed by atoms with Crippen LogP contribution in [0.3, 0.4) is 0 Å². The standard InChI is InChI=1S/C21H22N2O2/c1-14(2)16-7-8-19-18(11-16)20(24)21(25)23(19)13-22-10-9-15-5-3-4-6-17(15)12-22/h3-8,11,14H,9-10,12-13H2,1-2H3. The first-order valence-corrected chi connectivity index (χ1v) is 8.84. The average molecular weight is 334 g/mol. The summed E-state index contributed by atoms with van der Waals surface area (Å²) in [5.74, 6) is -0.453. The third kappa shape index (κ3) is 2.76. The number of benzene rings is 2. The van der Waals surface area contributed by atoms with E-state index in [2.05, 4.69) is 43.0 Å². The van der Waals surface area contributed by atoms with Crippen LogP contribution in [0.1, 0.15) is 46.8 Å². The minimum atomic E-state index is -0.408. The molecule has 0 radical (unpaired) electrons. The normalized spacial score (nSPS) is 17.2. The maximum absolute atomic E-state index is 12.5. The topological polar surface area (TPSA) is 40.6 Å². The van der Waals surface area contributed by atoms with E-state index < -0.39 is 5.91 Å². The molecular weight excluding hydrogens is 312 g/mol. The fourth-order valence-corrected chi connectivity index (χ4v) is 3.69. The fourth-order valence-electron chi connectivity index (χ4n) is 3.69. The van der Waals surface area contributed by atoms with Crippen molar-refractivity contribution in [3.8, 4) is 0 Å². The minimum Gasteiger partial charge on any atom is -0.291 e. The lowest BCUT2D eigenvalue weighted by Gasteiger charge is -2.32. The molecule has 0 atom stereocenters. The molecule has 0 aromatic heterocycles. The molecule has 2 aromatic rings. The fraction of sp³-hybridized carbons (Fsp3) is 0.333. The van der Waals surface area contributed by atoms with Crippen LogP contribution in [0.15, 0.2) is 42.5 Å². The van der Waals surface area contributed by atoms with Crippen molar-refractivity contribution in [2.45, 2.75) is 32.7 Å². The summed E-state index contributed by atoms with van der Waals surface area (Å²) in [6, 6.07) is 14.3. The SMILES string of the molecule is CC(C)c1ccc2c(c1)C(=O)C(=O)N2CN1CCc2ccccc2C1. The van der Waals surface area contributed by atoms with Crippen molar-refractivity contribution in [2.24, 2.45) is 0 Å². The summed E-state index contributed by atoms with van der Waals surface area (Å²) in [7, 11) is 0. The maximum Gasteiger partial charge on any atom is 0.300 e. The van der Waals surface area contributed by atoms with E-state index in [-0.39, 0.29) is 5.78 Å². The van der Waals surface area contributed by atoms with Gasteiger partial charge in [-0.2, -0.15) is 0 Å². The van der Waals surface area contributed by atoms with E-state index in [1.54, 1.807) is 4.90 Å². The Labute approximate surface area is 148 Å². The lowest BCUT2D eigenvalue weighted by Crippen LogP contribution is -2.43. The molecule has 0 unspecified atom stereocenters. The second-order valence-corrected chi connectivity index (χ2v) is 7.21. The van der Waals surface area contributed by atoms with Gasteiger partial charge in [0.25, 0.3) is 5.78 Å². The second kappa shape index (κ2) is 6.12. The average Bonchev–Trinajstić information content (AvgIpc) is 2.86. The Bertz CT molecular complexity index is 857. The summed E-state index contributed by atoms with van der Waals surface area (Å²) >= 11 is 0. The zero-order chi connectivity index (χ0) is 17.6. The summed E-state index contributed by atoms with van der Waals surface area (Å²) in [6.45, 7) is 6.35. The van der Waals surface area contributed by atoms with Gasteiger partial charge >= 0.3 is 5.91 Å². The lowest BCUT2D eigenvalue weighted by atomic mass is 9.99. The Hall–Kier alpha value is -2.46. The van der Waals surface area contributed by atoms with Gasteiger partial charge in [-0.1, -0.05) is 44.2 Å². The number of Topliss-reactive ketones (excluding diaryl/α,β-unsaturated/α-hetero) is 1. The highest BCUT2D eigenvalue weighted by atomic mass is 16.2. The molecule has 128 valence electrons. The van der Waals surface area contributed by atoms with Crippen LogP contribution in [0.4, 0.5) is 5.69 Å². The Balaban J connectivity index is 1.58. The van der Waals surface area contributed by atoms with Gasteiger partial charge in [-0.3, -0.25) is 19.4 Å². The molecule has 0 fully saturated rings. The van der Waals surface area contributed by atoms with Crippen LogP contribution in [0.25, 0.3) is 0 Å². The molecule has 2 aliphatic heterocycles. The van der Waals surface area contributed by atoms with Crippen LogP contribution < -0.4 is 4.90 Å². The molecular formula is C21H22N2O2. The van der Waals surface area contributed by atoms with Crippen molar-refractivity contribution in [1.29, 1.82) is 0 Å². The van der Waals surface area contributed by atoms with Gasteiger partial charge in [0.15, 0.2) is 0 Å². The van der Waals surface area contributed by atoms with Gasteiger partial charge in [0.2, 0.25) is 0 Å². The number of amides is 1. The predicted octanol–water partition coefficient (Wildman–Crippen LogP) is 3.36. The number of hydrogen-bond donors (Lipinski definition) is 0. The molecule has 1 amide bonds. The summed E-state index contributed by atoms with van der Waals surface area (Å²) in [5.41, 5.74) is 5.08. The summed E-state index contributed by atoms with van der Waals surface area (Å²) in [4.78, 5) is 28.8. The van der Waals surface area contributed by atoms with Crippen molar-refractivity contribution in [3.63, 3.8) is 0 Å². The van der Waals surface area contributed by atoms with Crippen molar-refractivity contribution in [1.82, 2.24) is 4.90 Å². The van der Waals surface area contributed by atoms with Gasteiger partial charge in [0.05, 0.1) is 17.9 Å². The van der Waals surface area contributed by atoms with Crippen LogP contribution in [0.5, 0.6) is 0 Å². The quantitative estimate of drug-likeness (QED) is 0.808. The predicted molar refractivity (Wildman–Crippen MR) is 97.8 cm³/mol. The Morgan fingerprint density at radius 1 is 1.04 bits per heavy atom. The Kier molecular flexibility index (Phi) is 3.92. The Morgan fingerprint density at radius 3 is 2.56 bits per heavy atom. The summed E-state index contributed by atoms with van der Waals surface area (Å²) in [5, 5.41) is 0. The molecule has 0 N–H and O–H groups in total. The smallest absolute Gasteiger partial charge is 0.291 e. The highest BCUT2D eigenvalue weighted by molar-refractivity contribution is 6.52. The van der Waals surface area contributed by atoms with Crippen LogP contribution in [0, 0.1) is 0 Å². The van der Waals surface area contributed by atoms with Gasteiger partial charge in [-0.15, -0.1) is 0 Å². The first-order chi connectivity index (χ1) is 12.0. The molecule has 4 nitrogen and oxygen atoms in total. The van der Waals surface area contributed by atoms with E-state index in [9.17, 15) is 9.59 Å². The number of hydrogen-bond acceptors (Lipinski definition) is 3. The largest absolute Gasteiger partial charge is 0.300 e. The van der Waals surface area contributed by atoms with Gasteiger partial charge < -0.3 is 0 Å². The zero-order valence-electron chi connectivity index (χ0n) is 14.7. The zero-order valence-corrected chi connectivity index (χ0v) is 14.7. The molecule has 2 aliphatic rings. The molecule has 0 spiro atoms. The third-order valence-electron chi connectivity index (χ3n) is 5.21. The van der Waals surface area contributed by atoms with Gasteiger partial charge in [0.1, 0.15) is 0 Å². The van der Waals surface area contributed by atoms with Crippen LogP contribution >= 0.6 is 0 Å². The van der Waals surface area contributed by atoms with Gasteiger partial charge in [-0.05, 0) is 41.2 Å². The number of carbonyl (C=O) groups is 2. The van der Waals surface area contributed by atoms with E-state index in [1.165, 1.54) is 11.1 Å². The van der Waals surface area contributed by atoms with Gasteiger partial charge in [0, 0.05) is 13.1 Å². The number of carbonyl (C=O) groups excluding carboxylic acids is 2. The minimum absolute atomic E-state index is 0.334. The first-order valence-electron chi connectivity index (χ1n) is 8.84. The van der Waals surface area contributed by atoms with E-state index in [4.69, 9.17) is 0 Å². The summed E-state index contributed by atoms with van der Waals surface area (Å²) < 4.78 is 0. The molecule has 2 heterocycles. The highest BCUT2D eigenvalue weighted by Crippen LogP contribution is 2.32. The monoisotopic (exact) mass is 334 g/mol. The molecule has 25 heavy (non-hydrogen) atoms. The van der Waals surface area contributed by atoms with Crippen molar-refractivity contribution >= 4 is 17.4 Å². The molecule has 4 rings (SSSR count). The number of ketones is 1. The summed E-state index contributed by atoms with van der Waals surface area (Å²) in [6.07, 6.45) is 0.977. The van der Waals surface area contributed by atoms with Crippen LogP contribution in [-0.2, 0) is 17.8 Å². The maximum atomic E-state index is 12.5. The third-order valence-corrected chi connectivity index (χ3v) is 5.21.